The molecule has 172 valence electrons. The third-order valence-corrected chi connectivity index (χ3v) is 6.62. The Morgan fingerprint density at radius 3 is 2.56 bits per heavy atom. The predicted octanol–water partition coefficient (Wildman–Crippen LogP) is 3.94. The first-order chi connectivity index (χ1) is 16.6. The molecule has 10 heteroatoms. The molecular weight excluding hydrogens is 474 g/mol. The summed E-state index contributed by atoms with van der Waals surface area (Å²) in [6.45, 7) is 1.45. The van der Waals surface area contributed by atoms with Crippen molar-refractivity contribution in [3.8, 4) is 16.9 Å². The van der Waals surface area contributed by atoms with E-state index in [1.165, 1.54) is 11.3 Å². The van der Waals surface area contributed by atoms with E-state index in [1.54, 1.807) is 34.1 Å². The van der Waals surface area contributed by atoms with Crippen molar-refractivity contribution in [2.75, 3.05) is 24.7 Å². The number of amides is 2. The predicted molar refractivity (Wildman–Crippen MR) is 130 cm³/mol. The van der Waals surface area contributed by atoms with Crippen molar-refractivity contribution in [3.63, 3.8) is 0 Å². The number of rotatable bonds is 6. The number of pyridine rings is 1. The molecule has 0 bridgehead atoms. The van der Waals surface area contributed by atoms with Gasteiger partial charge in [0.25, 0.3) is 11.8 Å². The van der Waals surface area contributed by atoms with Crippen LogP contribution in [0.4, 0.5) is 5.69 Å². The first-order valence-electron chi connectivity index (χ1n) is 10.6. The van der Waals surface area contributed by atoms with Crippen LogP contribution < -0.4 is 10.2 Å². The molecule has 5 rings (SSSR count). The standard InChI is InChI=1S/C24H20ClN5O3S/c25-21-6-5-20(34-21)24(32)27-13-17-14-30(28-23(17)16-7-9-26-10-8-16)19-3-1-18(2-4-19)29-11-12-33-15-22(29)31/h1-10,14H,11-13,15H2,(H,27,32). The smallest absolute Gasteiger partial charge is 0.261 e. The van der Waals surface area contributed by atoms with Gasteiger partial charge in [-0.2, -0.15) is 5.10 Å². The summed E-state index contributed by atoms with van der Waals surface area (Å²) in [5, 5.41) is 7.73. The lowest BCUT2D eigenvalue weighted by molar-refractivity contribution is -0.125. The number of thiophene rings is 1. The normalized spacial score (nSPS) is 13.8. The summed E-state index contributed by atoms with van der Waals surface area (Å²) >= 11 is 7.19. The van der Waals surface area contributed by atoms with Gasteiger partial charge in [0.05, 0.1) is 27.2 Å². The summed E-state index contributed by atoms with van der Waals surface area (Å²) in [6, 6.07) is 14.8. The van der Waals surface area contributed by atoms with Gasteiger partial charge in [0, 0.05) is 48.5 Å². The molecular formula is C24H20ClN5O3S. The van der Waals surface area contributed by atoms with Gasteiger partial charge in [0.2, 0.25) is 0 Å². The largest absolute Gasteiger partial charge is 0.370 e. The highest BCUT2D eigenvalue weighted by Gasteiger charge is 2.20. The molecule has 1 aliphatic heterocycles. The number of carbonyl (C=O) groups excluding carboxylic acids is 2. The number of morpholine rings is 1. The maximum atomic E-state index is 12.5. The van der Waals surface area contributed by atoms with Crippen LogP contribution in [-0.4, -0.2) is 46.3 Å². The molecule has 0 unspecified atom stereocenters. The lowest BCUT2D eigenvalue weighted by Gasteiger charge is -2.26. The van der Waals surface area contributed by atoms with Crippen molar-refractivity contribution < 1.29 is 14.3 Å². The summed E-state index contributed by atoms with van der Waals surface area (Å²) in [5.41, 5.74) is 4.16. The molecule has 1 aromatic carbocycles. The first-order valence-corrected chi connectivity index (χ1v) is 11.8. The Labute approximate surface area is 204 Å². The maximum Gasteiger partial charge on any atom is 0.261 e. The molecule has 0 aliphatic carbocycles. The fourth-order valence-corrected chi connectivity index (χ4v) is 4.66. The fraction of sp³-hybridized carbons (Fsp3) is 0.167. The zero-order valence-electron chi connectivity index (χ0n) is 18.0. The molecule has 0 saturated carbocycles. The molecule has 34 heavy (non-hydrogen) atoms. The van der Waals surface area contributed by atoms with E-state index < -0.39 is 0 Å². The number of nitrogens with one attached hydrogen (secondary N) is 1. The Morgan fingerprint density at radius 1 is 1.09 bits per heavy atom. The Kier molecular flexibility index (Phi) is 6.39. The van der Waals surface area contributed by atoms with Gasteiger partial charge >= 0.3 is 0 Å². The molecule has 0 radical (unpaired) electrons. The van der Waals surface area contributed by atoms with E-state index in [4.69, 9.17) is 21.4 Å². The molecule has 1 saturated heterocycles. The van der Waals surface area contributed by atoms with Crippen molar-refractivity contribution in [1.29, 1.82) is 0 Å². The minimum Gasteiger partial charge on any atom is -0.370 e. The second kappa shape index (κ2) is 9.76. The molecule has 2 amide bonds. The van der Waals surface area contributed by atoms with E-state index in [1.807, 2.05) is 42.6 Å². The van der Waals surface area contributed by atoms with Gasteiger partial charge in [0.15, 0.2) is 0 Å². The lowest BCUT2D eigenvalue weighted by Crippen LogP contribution is -2.41. The minimum absolute atomic E-state index is 0.0527. The maximum absolute atomic E-state index is 12.5. The van der Waals surface area contributed by atoms with Crippen LogP contribution in [-0.2, 0) is 16.1 Å². The summed E-state index contributed by atoms with van der Waals surface area (Å²) < 4.78 is 7.54. The van der Waals surface area contributed by atoms with Crippen LogP contribution >= 0.6 is 22.9 Å². The molecule has 1 N–H and O–H groups in total. The van der Waals surface area contributed by atoms with Gasteiger partial charge in [-0.15, -0.1) is 11.3 Å². The van der Waals surface area contributed by atoms with Gasteiger partial charge in [-0.3, -0.25) is 14.6 Å². The van der Waals surface area contributed by atoms with Gasteiger partial charge in [-0.05, 0) is 48.5 Å². The van der Waals surface area contributed by atoms with Crippen molar-refractivity contribution in [3.05, 3.63) is 81.9 Å². The highest BCUT2D eigenvalue weighted by molar-refractivity contribution is 7.18. The Hall–Kier alpha value is -3.53. The average Bonchev–Trinajstić information content (AvgIpc) is 3.50. The quantitative estimate of drug-likeness (QED) is 0.439. The minimum atomic E-state index is -0.190. The number of benzene rings is 1. The van der Waals surface area contributed by atoms with Gasteiger partial charge < -0.3 is 15.0 Å². The van der Waals surface area contributed by atoms with Gasteiger partial charge in [0.1, 0.15) is 6.61 Å². The molecule has 0 atom stereocenters. The van der Waals surface area contributed by atoms with Crippen LogP contribution in [0.25, 0.3) is 16.9 Å². The van der Waals surface area contributed by atoms with E-state index in [0.717, 1.165) is 28.2 Å². The highest BCUT2D eigenvalue weighted by atomic mass is 35.5. The number of nitrogens with zero attached hydrogens (tertiary/aromatic N) is 4. The zero-order valence-corrected chi connectivity index (χ0v) is 19.6. The van der Waals surface area contributed by atoms with Crippen LogP contribution in [0.5, 0.6) is 0 Å². The average molecular weight is 494 g/mol. The van der Waals surface area contributed by atoms with Crippen molar-refractivity contribution >= 4 is 40.4 Å². The molecule has 8 nitrogen and oxygen atoms in total. The number of hydrogen-bond donors (Lipinski definition) is 1. The van der Waals surface area contributed by atoms with Gasteiger partial charge in [-0.1, -0.05) is 11.6 Å². The van der Waals surface area contributed by atoms with Gasteiger partial charge in [-0.25, -0.2) is 4.68 Å². The monoisotopic (exact) mass is 493 g/mol. The Balaban J connectivity index is 1.41. The van der Waals surface area contributed by atoms with Crippen molar-refractivity contribution in [2.24, 2.45) is 0 Å². The van der Waals surface area contributed by atoms with E-state index in [0.29, 0.717) is 28.9 Å². The summed E-state index contributed by atoms with van der Waals surface area (Å²) in [4.78, 5) is 31.0. The number of halogens is 1. The second-order valence-corrected chi connectivity index (χ2v) is 9.30. The van der Waals surface area contributed by atoms with Crippen LogP contribution in [0.3, 0.4) is 0 Å². The van der Waals surface area contributed by atoms with Crippen molar-refractivity contribution in [1.82, 2.24) is 20.1 Å². The Morgan fingerprint density at radius 2 is 1.85 bits per heavy atom. The van der Waals surface area contributed by atoms with Crippen LogP contribution in [0.1, 0.15) is 15.2 Å². The molecule has 1 fully saturated rings. The second-order valence-electron chi connectivity index (χ2n) is 7.58. The van der Waals surface area contributed by atoms with E-state index in [-0.39, 0.29) is 18.4 Å². The summed E-state index contributed by atoms with van der Waals surface area (Å²) in [7, 11) is 0. The molecule has 3 aromatic heterocycles. The number of carbonyl (C=O) groups is 2. The highest BCUT2D eigenvalue weighted by Crippen LogP contribution is 2.26. The molecule has 1 aliphatic rings. The SMILES string of the molecule is O=C(NCc1cn(-c2ccc(N3CCOCC3=O)cc2)nc1-c1ccncc1)c1ccc(Cl)s1. The van der Waals surface area contributed by atoms with Crippen LogP contribution in [0.15, 0.2) is 67.1 Å². The zero-order chi connectivity index (χ0) is 23.5. The van der Waals surface area contributed by atoms with E-state index in [2.05, 4.69) is 10.3 Å². The van der Waals surface area contributed by atoms with Crippen LogP contribution in [0, 0.1) is 0 Å². The number of hydrogen-bond acceptors (Lipinski definition) is 6. The number of aromatic nitrogens is 3. The fourth-order valence-electron chi connectivity index (χ4n) is 3.70. The van der Waals surface area contributed by atoms with Crippen molar-refractivity contribution in [2.45, 2.75) is 6.54 Å². The summed E-state index contributed by atoms with van der Waals surface area (Å²) in [6.07, 6.45) is 5.31. The van der Waals surface area contributed by atoms with Crippen LogP contribution in [0.2, 0.25) is 4.34 Å². The molecule has 4 aromatic rings. The topological polar surface area (TPSA) is 89.4 Å². The first kappa shape index (κ1) is 22.3. The third kappa shape index (κ3) is 4.72. The Bertz CT molecular complexity index is 1320. The lowest BCUT2D eigenvalue weighted by atomic mass is 10.1. The van der Waals surface area contributed by atoms with E-state index in [9.17, 15) is 9.59 Å². The molecule has 4 heterocycles. The summed E-state index contributed by atoms with van der Waals surface area (Å²) in [5.74, 6) is -0.243. The third-order valence-electron chi connectivity index (χ3n) is 5.39. The number of ether oxygens (including phenoxy) is 1. The number of anilines is 1. The van der Waals surface area contributed by atoms with E-state index >= 15 is 0 Å². The molecule has 0 spiro atoms.